The van der Waals surface area contributed by atoms with Gasteiger partial charge in [-0.05, 0) is 36.2 Å². The normalized spacial score (nSPS) is 10.5. The molecule has 5 nitrogen and oxygen atoms in total. The molecule has 1 N–H and O–H groups in total. The van der Waals surface area contributed by atoms with E-state index < -0.39 is 5.97 Å². The summed E-state index contributed by atoms with van der Waals surface area (Å²) in [6, 6.07) is 10.0. The number of carbonyl (C=O) groups is 1. The first-order valence-corrected chi connectivity index (χ1v) is 7.76. The molecule has 1 aromatic heterocycles. The van der Waals surface area contributed by atoms with Gasteiger partial charge in [0.05, 0.1) is 18.7 Å². The molecule has 0 fully saturated rings. The lowest BCUT2D eigenvalue weighted by atomic mass is 10.1. The smallest absolute Gasteiger partial charge is 0.335 e. The fourth-order valence-electron chi connectivity index (χ4n) is 2.28. The maximum Gasteiger partial charge on any atom is 0.335 e. The molecule has 0 bridgehead atoms. The molecule has 23 heavy (non-hydrogen) atoms. The Kier molecular flexibility index (Phi) is 5.97. The minimum atomic E-state index is -0.979. The van der Waals surface area contributed by atoms with Crippen LogP contribution in [0.4, 0.5) is 0 Å². The van der Waals surface area contributed by atoms with Gasteiger partial charge in [0.15, 0.2) is 5.75 Å². The van der Waals surface area contributed by atoms with Gasteiger partial charge in [0.25, 0.3) is 5.56 Å². The average molecular weight is 315 g/mol. The van der Waals surface area contributed by atoms with Crippen molar-refractivity contribution in [1.29, 1.82) is 0 Å². The van der Waals surface area contributed by atoms with Crippen molar-refractivity contribution in [3.8, 4) is 5.75 Å². The molecule has 0 aliphatic carbocycles. The quantitative estimate of drug-likeness (QED) is 0.760. The zero-order valence-corrected chi connectivity index (χ0v) is 13.2. The third-order valence-electron chi connectivity index (χ3n) is 3.52. The topological polar surface area (TPSA) is 68.5 Å². The predicted molar refractivity (Wildman–Crippen MR) is 88.2 cm³/mol. The molecule has 2 rings (SSSR count). The van der Waals surface area contributed by atoms with Crippen molar-refractivity contribution in [1.82, 2.24) is 4.57 Å². The summed E-state index contributed by atoms with van der Waals surface area (Å²) in [6.07, 6.45) is 4.77. The number of aromatic carboxylic acids is 1. The maximum absolute atomic E-state index is 12.4. The van der Waals surface area contributed by atoms with Crippen molar-refractivity contribution >= 4 is 5.97 Å². The molecule has 0 radical (unpaired) electrons. The summed E-state index contributed by atoms with van der Waals surface area (Å²) in [4.78, 5) is 23.4. The first-order chi connectivity index (χ1) is 11.1. The molecule has 0 saturated carbocycles. The molecule has 1 aromatic carbocycles. The zero-order valence-electron chi connectivity index (χ0n) is 13.2. The summed E-state index contributed by atoms with van der Waals surface area (Å²) in [5.74, 6) is -0.648. The van der Waals surface area contributed by atoms with E-state index in [0.717, 1.165) is 24.8 Å². The Balaban J connectivity index is 2.13. The molecular formula is C18H21NO4. The van der Waals surface area contributed by atoms with E-state index in [9.17, 15) is 9.59 Å². The maximum atomic E-state index is 12.4. The molecule has 0 atom stereocenters. The first-order valence-electron chi connectivity index (χ1n) is 7.76. The van der Waals surface area contributed by atoms with Gasteiger partial charge in [-0.2, -0.15) is 0 Å². The van der Waals surface area contributed by atoms with Crippen LogP contribution >= 0.6 is 0 Å². The number of ether oxygens (including phenoxy) is 1. The molecule has 5 heteroatoms. The monoisotopic (exact) mass is 315 g/mol. The van der Waals surface area contributed by atoms with Gasteiger partial charge in [-0.1, -0.05) is 31.9 Å². The summed E-state index contributed by atoms with van der Waals surface area (Å²) in [5, 5.41) is 9.03. The molecule has 0 aliphatic heterocycles. The van der Waals surface area contributed by atoms with E-state index in [-0.39, 0.29) is 11.1 Å². The van der Waals surface area contributed by atoms with Gasteiger partial charge >= 0.3 is 5.97 Å². The molecule has 0 unspecified atom stereocenters. The number of carboxylic acid groups (broad SMARTS) is 1. The molecule has 1 heterocycles. The lowest BCUT2D eigenvalue weighted by Gasteiger charge is -2.10. The molecule has 0 spiro atoms. The number of aromatic nitrogens is 1. The Hall–Kier alpha value is -2.56. The Morgan fingerprint density at radius 3 is 2.78 bits per heavy atom. The molecular weight excluding hydrogens is 294 g/mol. The van der Waals surface area contributed by atoms with Crippen molar-refractivity contribution in [2.75, 3.05) is 6.61 Å². The molecule has 0 saturated heterocycles. The fraction of sp³-hybridized carbons (Fsp3) is 0.333. The van der Waals surface area contributed by atoms with Crippen molar-refractivity contribution < 1.29 is 14.6 Å². The summed E-state index contributed by atoms with van der Waals surface area (Å²) in [6.45, 7) is 2.95. The summed E-state index contributed by atoms with van der Waals surface area (Å²) in [5.41, 5.74) is 0.766. The van der Waals surface area contributed by atoms with Crippen LogP contribution in [0.15, 0.2) is 47.4 Å². The second-order valence-electron chi connectivity index (χ2n) is 5.37. The van der Waals surface area contributed by atoms with E-state index in [1.807, 2.05) is 0 Å². The third kappa shape index (κ3) is 4.71. The number of hydrogen-bond acceptors (Lipinski definition) is 3. The molecule has 0 aliphatic rings. The number of rotatable bonds is 8. The van der Waals surface area contributed by atoms with Gasteiger partial charge in [-0.25, -0.2) is 4.79 Å². The van der Waals surface area contributed by atoms with E-state index >= 15 is 0 Å². The molecule has 0 amide bonds. The lowest BCUT2D eigenvalue weighted by Crippen LogP contribution is -2.22. The van der Waals surface area contributed by atoms with Crippen LogP contribution in [0.2, 0.25) is 0 Å². The second kappa shape index (κ2) is 8.17. The van der Waals surface area contributed by atoms with Gasteiger partial charge in [0, 0.05) is 6.20 Å². The van der Waals surface area contributed by atoms with Crippen molar-refractivity contribution in [3.05, 3.63) is 64.1 Å². The first kappa shape index (κ1) is 16.8. The highest BCUT2D eigenvalue weighted by atomic mass is 16.5. The van der Waals surface area contributed by atoms with E-state index in [1.54, 1.807) is 36.5 Å². The highest BCUT2D eigenvalue weighted by Crippen LogP contribution is 2.09. The van der Waals surface area contributed by atoms with E-state index in [0.29, 0.717) is 18.9 Å². The number of carboxylic acids is 1. The number of nitrogens with zero attached hydrogens (tertiary/aromatic N) is 1. The Morgan fingerprint density at radius 1 is 1.22 bits per heavy atom. The largest absolute Gasteiger partial charge is 0.488 e. The van der Waals surface area contributed by atoms with Crippen molar-refractivity contribution in [3.63, 3.8) is 0 Å². The van der Waals surface area contributed by atoms with Crippen LogP contribution in [-0.2, 0) is 6.54 Å². The number of hydrogen-bond donors (Lipinski definition) is 1. The van der Waals surface area contributed by atoms with Crippen LogP contribution in [0.3, 0.4) is 0 Å². The van der Waals surface area contributed by atoms with Gasteiger partial charge in [-0.3, -0.25) is 4.79 Å². The predicted octanol–water partition coefficient (Wildman–Crippen LogP) is 3.16. The molecule has 122 valence electrons. The fourth-order valence-corrected chi connectivity index (χ4v) is 2.28. The Morgan fingerprint density at radius 2 is 2.04 bits per heavy atom. The van der Waals surface area contributed by atoms with Crippen LogP contribution in [0.5, 0.6) is 5.75 Å². The summed E-state index contributed by atoms with van der Waals surface area (Å²) in [7, 11) is 0. The van der Waals surface area contributed by atoms with Gasteiger partial charge < -0.3 is 14.4 Å². The summed E-state index contributed by atoms with van der Waals surface area (Å²) >= 11 is 0. The Labute approximate surface area is 135 Å². The second-order valence-corrected chi connectivity index (χ2v) is 5.37. The van der Waals surface area contributed by atoms with E-state index in [4.69, 9.17) is 9.84 Å². The van der Waals surface area contributed by atoms with Crippen LogP contribution in [0, 0.1) is 0 Å². The van der Waals surface area contributed by atoms with Crippen molar-refractivity contribution in [2.45, 2.75) is 32.7 Å². The van der Waals surface area contributed by atoms with E-state index in [1.165, 1.54) is 10.6 Å². The van der Waals surface area contributed by atoms with Gasteiger partial charge in [-0.15, -0.1) is 0 Å². The third-order valence-corrected chi connectivity index (χ3v) is 3.52. The number of unbranched alkanes of at least 4 members (excludes halogenated alkanes) is 2. The minimum absolute atomic E-state index is 0.204. The van der Waals surface area contributed by atoms with Crippen LogP contribution < -0.4 is 10.3 Å². The van der Waals surface area contributed by atoms with Crippen LogP contribution in [0.1, 0.15) is 42.1 Å². The Bertz CT molecular complexity index is 721. The SMILES string of the molecule is CCCCCOc1cccn(Cc2cccc(C(=O)O)c2)c1=O. The number of benzene rings is 1. The minimum Gasteiger partial charge on any atom is -0.488 e. The highest BCUT2D eigenvalue weighted by molar-refractivity contribution is 5.87. The zero-order chi connectivity index (χ0) is 16.7. The van der Waals surface area contributed by atoms with E-state index in [2.05, 4.69) is 6.92 Å². The lowest BCUT2D eigenvalue weighted by molar-refractivity contribution is 0.0696. The summed E-state index contributed by atoms with van der Waals surface area (Å²) < 4.78 is 7.08. The average Bonchev–Trinajstić information content (AvgIpc) is 2.55. The standard InChI is InChI=1S/C18H21NO4/c1-2-3-4-11-23-16-9-6-10-19(17(16)20)13-14-7-5-8-15(12-14)18(21)22/h5-10,12H,2-4,11,13H2,1H3,(H,21,22). The molecule has 2 aromatic rings. The van der Waals surface area contributed by atoms with Gasteiger partial charge in [0.2, 0.25) is 0 Å². The van der Waals surface area contributed by atoms with Crippen molar-refractivity contribution in [2.24, 2.45) is 0 Å². The highest BCUT2D eigenvalue weighted by Gasteiger charge is 2.07. The van der Waals surface area contributed by atoms with Gasteiger partial charge in [0.1, 0.15) is 0 Å². The van der Waals surface area contributed by atoms with Crippen LogP contribution in [-0.4, -0.2) is 22.2 Å². The number of pyridine rings is 1. The van der Waals surface area contributed by atoms with Crippen LogP contribution in [0.25, 0.3) is 0 Å².